The third-order valence-electron chi connectivity index (χ3n) is 1.62. The van der Waals surface area contributed by atoms with Crippen LogP contribution < -0.4 is 5.32 Å². The first-order valence-electron chi connectivity index (χ1n) is 4.54. The first-order valence-corrected chi connectivity index (χ1v) is 4.54. The van der Waals surface area contributed by atoms with Gasteiger partial charge in [0.25, 0.3) is 0 Å². The largest absolute Gasteiger partial charge is 0.460 e. The fourth-order valence-corrected chi connectivity index (χ4v) is 0.954. The Hall–Kier alpha value is -1.36. The second-order valence-electron chi connectivity index (χ2n) is 2.69. The second kappa shape index (κ2) is 5.39. The average Bonchev–Trinajstić information content (AvgIpc) is 2.63. The Morgan fingerprint density at radius 1 is 1.71 bits per heavy atom. The van der Waals surface area contributed by atoms with E-state index in [1.165, 1.54) is 6.20 Å². The molecule has 0 bridgehead atoms. The number of nitrogens with zero attached hydrogens (tertiary/aromatic N) is 1. The molecular formula is C9H14N2O3. The number of hydrogen-bond donors (Lipinski definition) is 1. The maximum atomic E-state index is 11.2. The van der Waals surface area contributed by atoms with Crippen molar-refractivity contribution in [3.8, 4) is 0 Å². The van der Waals surface area contributed by atoms with E-state index in [9.17, 15) is 4.79 Å². The van der Waals surface area contributed by atoms with Gasteiger partial charge in [-0.1, -0.05) is 0 Å². The summed E-state index contributed by atoms with van der Waals surface area (Å²) in [6.07, 6.45) is 2.05. The van der Waals surface area contributed by atoms with Crippen LogP contribution in [0.1, 0.15) is 23.4 Å². The van der Waals surface area contributed by atoms with Crippen molar-refractivity contribution in [2.24, 2.45) is 0 Å². The number of carbonyl (C=O) groups is 1. The van der Waals surface area contributed by atoms with Gasteiger partial charge < -0.3 is 14.5 Å². The molecule has 0 unspecified atom stereocenters. The first kappa shape index (κ1) is 10.7. The molecule has 0 amide bonds. The van der Waals surface area contributed by atoms with E-state index in [0.29, 0.717) is 18.9 Å². The van der Waals surface area contributed by atoms with Crippen molar-refractivity contribution in [3.05, 3.63) is 17.8 Å². The summed E-state index contributed by atoms with van der Waals surface area (Å²) in [7, 11) is 1.84. The summed E-state index contributed by atoms with van der Waals surface area (Å²) in [5.74, 6) is 0.246. The van der Waals surface area contributed by atoms with Gasteiger partial charge in [0.1, 0.15) is 0 Å². The predicted octanol–water partition coefficient (Wildman–Crippen LogP) is 0.613. The molecule has 0 aromatic carbocycles. The van der Waals surface area contributed by atoms with Crippen LogP contribution in [0, 0.1) is 0 Å². The molecule has 1 aromatic rings. The summed E-state index contributed by atoms with van der Waals surface area (Å²) >= 11 is 0. The Morgan fingerprint density at radius 2 is 2.50 bits per heavy atom. The van der Waals surface area contributed by atoms with Gasteiger partial charge >= 0.3 is 5.97 Å². The summed E-state index contributed by atoms with van der Waals surface area (Å²) in [6.45, 7) is 2.85. The Labute approximate surface area is 82.5 Å². The van der Waals surface area contributed by atoms with Crippen LogP contribution in [-0.4, -0.2) is 31.2 Å². The molecule has 0 radical (unpaired) electrons. The highest BCUT2D eigenvalue weighted by atomic mass is 16.5. The van der Waals surface area contributed by atoms with Gasteiger partial charge in [-0.2, -0.15) is 0 Å². The lowest BCUT2D eigenvalue weighted by molar-refractivity contribution is 0.0488. The van der Waals surface area contributed by atoms with Crippen LogP contribution in [0.5, 0.6) is 0 Å². The van der Waals surface area contributed by atoms with Crippen LogP contribution in [0.3, 0.4) is 0 Å². The summed E-state index contributed by atoms with van der Waals surface area (Å²) in [4.78, 5) is 15.1. The van der Waals surface area contributed by atoms with E-state index >= 15 is 0 Å². The minimum Gasteiger partial charge on any atom is -0.460 e. The van der Waals surface area contributed by atoms with Gasteiger partial charge in [0.15, 0.2) is 5.89 Å². The number of nitrogens with one attached hydrogen (secondary N) is 1. The monoisotopic (exact) mass is 198 g/mol. The molecule has 0 spiro atoms. The molecule has 1 heterocycles. The fourth-order valence-electron chi connectivity index (χ4n) is 0.954. The van der Waals surface area contributed by atoms with E-state index in [1.807, 2.05) is 7.05 Å². The van der Waals surface area contributed by atoms with Crippen molar-refractivity contribution in [2.45, 2.75) is 13.3 Å². The smallest absolute Gasteiger partial charge is 0.375 e. The maximum Gasteiger partial charge on any atom is 0.375 e. The molecule has 0 fully saturated rings. The van der Waals surface area contributed by atoms with Gasteiger partial charge in [0.05, 0.1) is 12.8 Å². The number of ether oxygens (including phenoxy) is 1. The molecule has 1 N–H and O–H groups in total. The number of aromatic nitrogens is 1. The lowest BCUT2D eigenvalue weighted by Gasteiger charge is -1.96. The van der Waals surface area contributed by atoms with Gasteiger partial charge in [-0.25, -0.2) is 9.78 Å². The van der Waals surface area contributed by atoms with E-state index in [4.69, 9.17) is 9.15 Å². The SMILES string of the molecule is CCOC(=O)c1cnc(CCNC)o1. The van der Waals surface area contributed by atoms with Crippen LogP contribution in [0.15, 0.2) is 10.6 Å². The fraction of sp³-hybridized carbons (Fsp3) is 0.556. The quantitative estimate of drug-likeness (QED) is 0.702. The van der Waals surface area contributed by atoms with Crippen LogP contribution in [0.2, 0.25) is 0 Å². The highest BCUT2D eigenvalue weighted by Gasteiger charge is 2.12. The summed E-state index contributed by atoms with van der Waals surface area (Å²) in [5, 5.41) is 2.96. The Balaban J connectivity index is 2.54. The molecule has 0 aliphatic heterocycles. The zero-order valence-corrected chi connectivity index (χ0v) is 8.37. The summed E-state index contributed by atoms with van der Waals surface area (Å²) in [6, 6.07) is 0. The molecule has 1 rings (SSSR count). The molecule has 5 nitrogen and oxygen atoms in total. The van der Waals surface area contributed by atoms with E-state index in [0.717, 1.165) is 6.54 Å². The number of esters is 1. The predicted molar refractivity (Wildman–Crippen MR) is 50.1 cm³/mol. The lowest BCUT2D eigenvalue weighted by atomic mass is 10.4. The van der Waals surface area contributed by atoms with Crippen molar-refractivity contribution in [1.82, 2.24) is 10.3 Å². The molecule has 0 atom stereocenters. The molecule has 1 aromatic heterocycles. The molecular weight excluding hydrogens is 184 g/mol. The summed E-state index contributed by atoms with van der Waals surface area (Å²) < 4.78 is 9.93. The average molecular weight is 198 g/mol. The number of rotatable bonds is 5. The minimum atomic E-state index is -0.462. The molecule has 0 saturated heterocycles. The van der Waals surface area contributed by atoms with Crippen molar-refractivity contribution in [1.29, 1.82) is 0 Å². The van der Waals surface area contributed by atoms with E-state index < -0.39 is 5.97 Å². The standard InChI is InChI=1S/C9H14N2O3/c1-3-13-9(12)7-6-11-8(14-7)4-5-10-2/h6,10H,3-5H2,1-2H3. The normalized spacial score (nSPS) is 10.1. The van der Waals surface area contributed by atoms with Gasteiger partial charge in [-0.05, 0) is 14.0 Å². The zero-order chi connectivity index (χ0) is 10.4. The van der Waals surface area contributed by atoms with Crippen molar-refractivity contribution in [2.75, 3.05) is 20.2 Å². The highest BCUT2D eigenvalue weighted by molar-refractivity contribution is 5.85. The van der Waals surface area contributed by atoms with Crippen LogP contribution >= 0.6 is 0 Å². The van der Waals surface area contributed by atoms with Crippen molar-refractivity contribution in [3.63, 3.8) is 0 Å². The van der Waals surface area contributed by atoms with Gasteiger partial charge in [-0.3, -0.25) is 0 Å². The Kier molecular flexibility index (Phi) is 4.12. The number of hydrogen-bond acceptors (Lipinski definition) is 5. The Bertz CT molecular complexity index is 296. The molecule has 14 heavy (non-hydrogen) atoms. The molecule has 5 heteroatoms. The highest BCUT2D eigenvalue weighted by Crippen LogP contribution is 2.05. The molecule has 0 aliphatic rings. The van der Waals surface area contributed by atoms with Crippen LogP contribution in [0.25, 0.3) is 0 Å². The Morgan fingerprint density at radius 3 is 3.14 bits per heavy atom. The topological polar surface area (TPSA) is 64.4 Å². The lowest BCUT2D eigenvalue weighted by Crippen LogP contribution is -2.10. The number of likely N-dealkylation sites (N-methyl/N-ethyl adjacent to an activating group) is 1. The number of oxazole rings is 1. The van der Waals surface area contributed by atoms with Crippen LogP contribution in [0.4, 0.5) is 0 Å². The summed E-state index contributed by atoms with van der Waals surface area (Å²) in [5.41, 5.74) is 0. The van der Waals surface area contributed by atoms with Gasteiger partial charge in [-0.15, -0.1) is 0 Å². The first-order chi connectivity index (χ1) is 6.77. The van der Waals surface area contributed by atoms with Gasteiger partial charge in [0, 0.05) is 13.0 Å². The van der Waals surface area contributed by atoms with Crippen LogP contribution in [-0.2, 0) is 11.2 Å². The molecule has 0 aliphatic carbocycles. The van der Waals surface area contributed by atoms with Crippen molar-refractivity contribution >= 4 is 5.97 Å². The minimum absolute atomic E-state index is 0.165. The third-order valence-corrected chi connectivity index (χ3v) is 1.62. The van der Waals surface area contributed by atoms with Crippen molar-refractivity contribution < 1.29 is 13.9 Å². The maximum absolute atomic E-state index is 11.2. The third kappa shape index (κ3) is 2.85. The number of carbonyl (C=O) groups excluding carboxylic acids is 1. The van der Waals surface area contributed by atoms with E-state index in [2.05, 4.69) is 10.3 Å². The van der Waals surface area contributed by atoms with Gasteiger partial charge in [0.2, 0.25) is 5.76 Å². The zero-order valence-electron chi connectivity index (χ0n) is 8.37. The molecule has 78 valence electrons. The van der Waals surface area contributed by atoms with E-state index in [-0.39, 0.29) is 5.76 Å². The van der Waals surface area contributed by atoms with E-state index in [1.54, 1.807) is 6.92 Å². The molecule has 0 saturated carbocycles. The second-order valence-corrected chi connectivity index (χ2v) is 2.69.